The molecule has 3 rings (SSSR count). The van der Waals surface area contributed by atoms with Gasteiger partial charge in [0, 0.05) is 6.54 Å². The SMILES string of the molecule is CC(C)(C)OC(=O)N1CCCC[C@H]1CO[Si](c1ccccc1)(c1ccccc1)C(C)(C)C. The topological polar surface area (TPSA) is 38.8 Å². The van der Waals surface area contributed by atoms with Gasteiger partial charge in [0.2, 0.25) is 0 Å². The number of carbonyl (C=O) groups is 1. The lowest BCUT2D eigenvalue weighted by atomic mass is 10.0. The highest BCUT2D eigenvalue weighted by Crippen LogP contribution is 2.37. The van der Waals surface area contributed by atoms with Gasteiger partial charge in [-0.2, -0.15) is 0 Å². The molecule has 32 heavy (non-hydrogen) atoms. The van der Waals surface area contributed by atoms with Gasteiger partial charge in [-0.05, 0) is 55.4 Å². The van der Waals surface area contributed by atoms with Crippen LogP contribution in [0.3, 0.4) is 0 Å². The van der Waals surface area contributed by atoms with Crippen molar-refractivity contribution in [1.82, 2.24) is 4.90 Å². The number of hydrogen-bond acceptors (Lipinski definition) is 3. The van der Waals surface area contributed by atoms with Crippen molar-refractivity contribution in [3.05, 3.63) is 60.7 Å². The van der Waals surface area contributed by atoms with Crippen LogP contribution in [0, 0.1) is 0 Å². The quantitative estimate of drug-likeness (QED) is 0.573. The molecule has 2 aromatic rings. The molecule has 4 nitrogen and oxygen atoms in total. The van der Waals surface area contributed by atoms with Crippen molar-refractivity contribution >= 4 is 24.8 Å². The second-order valence-electron chi connectivity index (χ2n) is 10.8. The summed E-state index contributed by atoms with van der Waals surface area (Å²) in [5.41, 5.74) is -0.502. The summed E-state index contributed by atoms with van der Waals surface area (Å²) in [6, 6.07) is 21.4. The highest BCUT2D eigenvalue weighted by Gasteiger charge is 2.50. The van der Waals surface area contributed by atoms with Crippen molar-refractivity contribution in [1.29, 1.82) is 0 Å². The third-order valence-corrected chi connectivity index (χ3v) is 11.2. The van der Waals surface area contributed by atoms with Crippen LogP contribution in [0.2, 0.25) is 5.04 Å². The van der Waals surface area contributed by atoms with E-state index in [0.29, 0.717) is 6.61 Å². The van der Waals surface area contributed by atoms with E-state index in [1.54, 1.807) is 0 Å². The lowest BCUT2D eigenvalue weighted by Crippen LogP contribution is -2.67. The molecule has 0 aromatic heterocycles. The van der Waals surface area contributed by atoms with Crippen molar-refractivity contribution in [2.45, 2.75) is 77.5 Å². The number of hydrogen-bond donors (Lipinski definition) is 0. The Bertz CT molecular complexity index is 832. The van der Waals surface area contributed by atoms with Crippen molar-refractivity contribution in [2.75, 3.05) is 13.2 Å². The summed E-state index contributed by atoms with van der Waals surface area (Å²) in [4.78, 5) is 14.8. The first-order valence-corrected chi connectivity index (χ1v) is 13.7. The van der Waals surface area contributed by atoms with Gasteiger partial charge in [-0.3, -0.25) is 0 Å². The van der Waals surface area contributed by atoms with Crippen molar-refractivity contribution in [2.24, 2.45) is 0 Å². The van der Waals surface area contributed by atoms with Crippen LogP contribution in [-0.4, -0.2) is 44.1 Å². The molecule has 174 valence electrons. The van der Waals surface area contributed by atoms with E-state index in [2.05, 4.69) is 81.4 Å². The smallest absolute Gasteiger partial charge is 0.410 e. The fourth-order valence-corrected chi connectivity index (χ4v) is 9.32. The van der Waals surface area contributed by atoms with Crippen LogP contribution in [0.25, 0.3) is 0 Å². The second-order valence-corrected chi connectivity index (χ2v) is 15.1. The van der Waals surface area contributed by atoms with Gasteiger partial charge in [-0.25, -0.2) is 4.79 Å². The van der Waals surface area contributed by atoms with Crippen molar-refractivity contribution in [3.8, 4) is 0 Å². The monoisotopic (exact) mass is 453 g/mol. The molecule has 1 aliphatic heterocycles. The summed E-state index contributed by atoms with van der Waals surface area (Å²) in [7, 11) is -2.62. The Kier molecular flexibility index (Phi) is 7.51. The number of rotatable bonds is 5. The van der Waals surface area contributed by atoms with E-state index in [1.807, 2.05) is 25.7 Å². The number of ether oxygens (including phenoxy) is 1. The molecule has 0 spiro atoms. The predicted molar refractivity (Wildman–Crippen MR) is 134 cm³/mol. The number of piperidine rings is 1. The summed E-state index contributed by atoms with van der Waals surface area (Å²) in [6.45, 7) is 13.9. The molecule has 1 atom stereocenters. The van der Waals surface area contributed by atoms with Gasteiger partial charge in [0.05, 0.1) is 12.6 Å². The Balaban J connectivity index is 1.96. The van der Waals surface area contributed by atoms with Gasteiger partial charge in [0.25, 0.3) is 8.32 Å². The maximum Gasteiger partial charge on any atom is 0.410 e. The van der Waals surface area contributed by atoms with E-state index >= 15 is 0 Å². The molecular formula is C27H39NO3Si. The molecule has 0 N–H and O–H groups in total. The highest BCUT2D eigenvalue weighted by molar-refractivity contribution is 6.99. The van der Waals surface area contributed by atoms with Crippen LogP contribution in [0.5, 0.6) is 0 Å². The lowest BCUT2D eigenvalue weighted by molar-refractivity contribution is 0.00300. The molecule has 2 aromatic carbocycles. The number of amides is 1. The van der Waals surface area contributed by atoms with Crippen LogP contribution < -0.4 is 10.4 Å². The van der Waals surface area contributed by atoms with Crippen LogP contribution in [0.4, 0.5) is 4.79 Å². The molecule has 1 saturated heterocycles. The summed E-state index contributed by atoms with van der Waals surface area (Å²) in [6.07, 6.45) is 2.83. The second kappa shape index (κ2) is 9.80. The summed E-state index contributed by atoms with van der Waals surface area (Å²) in [5.74, 6) is 0. The van der Waals surface area contributed by atoms with E-state index < -0.39 is 13.9 Å². The maximum atomic E-state index is 12.9. The fraction of sp³-hybridized carbons (Fsp3) is 0.519. The van der Waals surface area contributed by atoms with Gasteiger partial charge in [0.1, 0.15) is 5.60 Å². The summed E-state index contributed by atoms with van der Waals surface area (Å²) in [5, 5.41) is 2.44. The molecule has 5 heteroatoms. The molecule has 1 fully saturated rings. The maximum absolute atomic E-state index is 12.9. The third kappa shape index (κ3) is 5.44. The molecule has 0 saturated carbocycles. The Hall–Kier alpha value is -2.11. The van der Waals surface area contributed by atoms with Gasteiger partial charge >= 0.3 is 6.09 Å². The van der Waals surface area contributed by atoms with E-state index in [0.717, 1.165) is 25.8 Å². The minimum Gasteiger partial charge on any atom is -0.444 e. The summed E-state index contributed by atoms with van der Waals surface area (Å²) < 4.78 is 12.8. The summed E-state index contributed by atoms with van der Waals surface area (Å²) >= 11 is 0. The first-order valence-electron chi connectivity index (χ1n) is 11.8. The zero-order valence-electron chi connectivity index (χ0n) is 20.6. The minimum atomic E-state index is -2.62. The molecule has 1 heterocycles. The molecule has 0 bridgehead atoms. The Labute approximate surface area is 195 Å². The van der Waals surface area contributed by atoms with E-state index in [1.165, 1.54) is 10.4 Å². The van der Waals surface area contributed by atoms with Crippen molar-refractivity contribution in [3.63, 3.8) is 0 Å². The standard InChI is InChI=1S/C27H39NO3Si/c1-26(2,3)31-25(29)28-20-14-13-15-22(28)21-30-32(27(4,5)6,23-16-9-7-10-17-23)24-18-11-8-12-19-24/h7-12,16-19,22H,13-15,20-21H2,1-6H3/t22-/m0/s1. The molecule has 0 unspecified atom stereocenters. The highest BCUT2D eigenvalue weighted by atomic mass is 28.4. The van der Waals surface area contributed by atoms with Crippen molar-refractivity contribution < 1.29 is 14.0 Å². The third-order valence-electron chi connectivity index (χ3n) is 6.16. The Morgan fingerprint density at radius 3 is 1.91 bits per heavy atom. The number of likely N-dealkylation sites (tertiary alicyclic amines) is 1. The zero-order valence-corrected chi connectivity index (χ0v) is 21.6. The number of benzene rings is 2. The number of nitrogens with zero attached hydrogens (tertiary/aromatic N) is 1. The molecule has 1 aliphatic rings. The molecule has 0 aliphatic carbocycles. The fourth-order valence-electron chi connectivity index (χ4n) is 4.72. The van der Waals surface area contributed by atoms with E-state index in [4.69, 9.17) is 9.16 Å². The predicted octanol–water partition coefficient (Wildman–Crippen LogP) is 5.35. The normalized spacial score (nSPS) is 17.8. The average Bonchev–Trinajstić information content (AvgIpc) is 2.74. The van der Waals surface area contributed by atoms with Gasteiger partial charge in [-0.1, -0.05) is 81.4 Å². The van der Waals surface area contributed by atoms with Gasteiger partial charge in [0.15, 0.2) is 0 Å². The average molecular weight is 454 g/mol. The lowest BCUT2D eigenvalue weighted by Gasteiger charge is -2.45. The molecular weight excluding hydrogens is 414 g/mol. The zero-order chi connectivity index (χ0) is 23.4. The Morgan fingerprint density at radius 2 is 1.44 bits per heavy atom. The van der Waals surface area contributed by atoms with Crippen LogP contribution in [-0.2, 0) is 9.16 Å². The largest absolute Gasteiger partial charge is 0.444 e. The van der Waals surface area contributed by atoms with Crippen LogP contribution >= 0.6 is 0 Å². The van der Waals surface area contributed by atoms with Crippen LogP contribution in [0.15, 0.2) is 60.7 Å². The van der Waals surface area contributed by atoms with Crippen LogP contribution in [0.1, 0.15) is 60.8 Å². The minimum absolute atomic E-state index is 0.0280. The number of carbonyl (C=O) groups excluding carboxylic acids is 1. The first-order chi connectivity index (χ1) is 15.0. The Morgan fingerprint density at radius 1 is 0.906 bits per heavy atom. The van der Waals surface area contributed by atoms with Gasteiger partial charge in [-0.15, -0.1) is 0 Å². The van der Waals surface area contributed by atoms with E-state index in [-0.39, 0.29) is 17.2 Å². The van der Waals surface area contributed by atoms with E-state index in [9.17, 15) is 4.79 Å². The first kappa shape index (κ1) is 24.5. The van der Waals surface area contributed by atoms with Gasteiger partial charge < -0.3 is 14.1 Å². The molecule has 0 radical (unpaired) electrons. The molecule has 1 amide bonds.